The molecule has 120 valence electrons. The highest BCUT2D eigenvalue weighted by atomic mass is 16.5. The number of nitrogens with zero attached hydrogens (tertiary/aromatic N) is 2. The van der Waals surface area contributed by atoms with E-state index in [0.717, 1.165) is 43.3 Å². The summed E-state index contributed by atoms with van der Waals surface area (Å²) in [7, 11) is 0. The summed E-state index contributed by atoms with van der Waals surface area (Å²) in [4.78, 5) is 6.97. The Balaban J connectivity index is 2.64. The minimum absolute atomic E-state index is 0.0733. The van der Waals surface area contributed by atoms with Crippen molar-refractivity contribution in [3.8, 4) is 5.75 Å². The third-order valence-electron chi connectivity index (χ3n) is 3.42. The summed E-state index contributed by atoms with van der Waals surface area (Å²) >= 11 is 0. The molecule has 1 aromatic heterocycles. The van der Waals surface area contributed by atoms with Crippen LogP contribution in [0.4, 0.5) is 0 Å². The first kappa shape index (κ1) is 17.9. The molecule has 4 heteroatoms. The van der Waals surface area contributed by atoms with E-state index in [1.165, 1.54) is 0 Å². The molecule has 1 rings (SSSR count). The van der Waals surface area contributed by atoms with Gasteiger partial charge in [-0.15, -0.1) is 0 Å². The zero-order chi connectivity index (χ0) is 15.9. The number of nitrogens with one attached hydrogen (secondary N) is 1. The van der Waals surface area contributed by atoms with Crippen LogP contribution in [0.15, 0.2) is 12.1 Å². The predicted octanol–water partition coefficient (Wildman–Crippen LogP) is 3.00. The SMILES string of the molecule is CCN(CC)CCOc1ccc(C)nc1CNC(C)(C)C. The summed E-state index contributed by atoms with van der Waals surface area (Å²) in [5, 5.41) is 3.47. The van der Waals surface area contributed by atoms with Crippen LogP contribution in [0.2, 0.25) is 0 Å². The number of aryl methyl sites for hydroxylation is 1. The van der Waals surface area contributed by atoms with Gasteiger partial charge in [0, 0.05) is 24.3 Å². The smallest absolute Gasteiger partial charge is 0.142 e. The second-order valence-corrected chi connectivity index (χ2v) is 6.38. The molecule has 0 radical (unpaired) electrons. The maximum absolute atomic E-state index is 5.95. The molecule has 0 aliphatic heterocycles. The van der Waals surface area contributed by atoms with Crippen molar-refractivity contribution in [3.05, 3.63) is 23.5 Å². The number of hydrogen-bond donors (Lipinski definition) is 1. The lowest BCUT2D eigenvalue weighted by molar-refractivity contribution is 0.220. The molecule has 0 saturated heterocycles. The minimum Gasteiger partial charge on any atom is -0.490 e. The Morgan fingerprint density at radius 3 is 2.43 bits per heavy atom. The van der Waals surface area contributed by atoms with E-state index in [0.29, 0.717) is 6.61 Å². The van der Waals surface area contributed by atoms with Crippen LogP contribution in [-0.4, -0.2) is 41.7 Å². The van der Waals surface area contributed by atoms with Gasteiger partial charge in [-0.3, -0.25) is 4.98 Å². The molecule has 4 nitrogen and oxygen atoms in total. The lowest BCUT2D eigenvalue weighted by atomic mass is 10.1. The van der Waals surface area contributed by atoms with Gasteiger partial charge in [-0.25, -0.2) is 0 Å². The third-order valence-corrected chi connectivity index (χ3v) is 3.42. The molecule has 0 aliphatic rings. The first-order chi connectivity index (χ1) is 9.85. The van der Waals surface area contributed by atoms with Crippen LogP contribution >= 0.6 is 0 Å². The summed E-state index contributed by atoms with van der Waals surface area (Å²) in [5.41, 5.74) is 2.09. The fourth-order valence-electron chi connectivity index (χ4n) is 2.03. The van der Waals surface area contributed by atoms with Crippen LogP contribution in [0, 0.1) is 6.92 Å². The summed E-state index contributed by atoms with van der Waals surface area (Å²) in [6.45, 7) is 17.3. The van der Waals surface area contributed by atoms with Crippen LogP contribution in [0.25, 0.3) is 0 Å². The molecule has 0 atom stereocenters. The minimum atomic E-state index is 0.0733. The molecular formula is C17H31N3O. The van der Waals surface area contributed by atoms with E-state index in [1.54, 1.807) is 0 Å². The second kappa shape index (κ2) is 8.35. The zero-order valence-electron chi connectivity index (χ0n) is 14.5. The van der Waals surface area contributed by atoms with E-state index >= 15 is 0 Å². The van der Waals surface area contributed by atoms with Gasteiger partial charge in [0.25, 0.3) is 0 Å². The molecule has 0 amide bonds. The Kier molecular flexibility index (Phi) is 7.12. The Morgan fingerprint density at radius 2 is 1.86 bits per heavy atom. The summed E-state index contributed by atoms with van der Waals surface area (Å²) in [6, 6.07) is 4.04. The van der Waals surface area contributed by atoms with Gasteiger partial charge in [0.1, 0.15) is 12.4 Å². The Hall–Kier alpha value is -1.13. The molecule has 0 saturated carbocycles. The summed E-state index contributed by atoms with van der Waals surface area (Å²) in [6.07, 6.45) is 0. The largest absolute Gasteiger partial charge is 0.490 e. The number of aromatic nitrogens is 1. The zero-order valence-corrected chi connectivity index (χ0v) is 14.5. The normalized spacial score (nSPS) is 12.0. The maximum atomic E-state index is 5.95. The lowest BCUT2D eigenvalue weighted by Gasteiger charge is -2.22. The van der Waals surface area contributed by atoms with Crippen LogP contribution < -0.4 is 10.1 Å². The van der Waals surface area contributed by atoms with Crippen LogP contribution in [-0.2, 0) is 6.54 Å². The highest BCUT2D eigenvalue weighted by Gasteiger charge is 2.12. The third kappa shape index (κ3) is 6.91. The quantitative estimate of drug-likeness (QED) is 0.799. The molecule has 0 bridgehead atoms. The van der Waals surface area contributed by atoms with Gasteiger partial charge in [0.05, 0.1) is 5.69 Å². The fourth-order valence-corrected chi connectivity index (χ4v) is 2.03. The van der Waals surface area contributed by atoms with E-state index in [1.807, 2.05) is 19.1 Å². The van der Waals surface area contributed by atoms with E-state index in [2.05, 4.69) is 49.8 Å². The van der Waals surface area contributed by atoms with Gasteiger partial charge in [-0.05, 0) is 52.9 Å². The van der Waals surface area contributed by atoms with Gasteiger partial charge in [0.15, 0.2) is 0 Å². The van der Waals surface area contributed by atoms with Crippen molar-refractivity contribution >= 4 is 0 Å². The highest BCUT2D eigenvalue weighted by molar-refractivity contribution is 5.29. The van der Waals surface area contributed by atoms with Crippen molar-refractivity contribution in [2.75, 3.05) is 26.2 Å². The Morgan fingerprint density at radius 1 is 1.19 bits per heavy atom. The maximum Gasteiger partial charge on any atom is 0.142 e. The molecule has 0 aromatic carbocycles. The van der Waals surface area contributed by atoms with Gasteiger partial charge in [-0.2, -0.15) is 0 Å². The number of ether oxygens (including phenoxy) is 1. The molecule has 1 aromatic rings. The first-order valence-corrected chi connectivity index (χ1v) is 7.92. The van der Waals surface area contributed by atoms with E-state index < -0.39 is 0 Å². The standard InChI is InChI=1S/C17H31N3O/c1-7-20(8-2)11-12-21-16-10-9-14(3)19-15(16)13-18-17(4,5)6/h9-10,18H,7-8,11-13H2,1-6H3. The molecule has 0 unspecified atom stereocenters. The van der Waals surface area contributed by atoms with E-state index in [-0.39, 0.29) is 5.54 Å². The van der Waals surface area contributed by atoms with E-state index in [4.69, 9.17) is 4.74 Å². The Labute approximate surface area is 129 Å². The highest BCUT2D eigenvalue weighted by Crippen LogP contribution is 2.18. The molecule has 0 spiro atoms. The van der Waals surface area contributed by atoms with Gasteiger partial charge in [-0.1, -0.05) is 13.8 Å². The summed E-state index contributed by atoms with van der Waals surface area (Å²) in [5.74, 6) is 0.893. The molecule has 21 heavy (non-hydrogen) atoms. The van der Waals surface area contributed by atoms with Crippen molar-refractivity contribution in [3.63, 3.8) is 0 Å². The number of hydrogen-bond acceptors (Lipinski definition) is 4. The predicted molar refractivity (Wildman–Crippen MR) is 88.8 cm³/mol. The van der Waals surface area contributed by atoms with Gasteiger partial charge < -0.3 is 15.0 Å². The molecule has 0 fully saturated rings. The van der Waals surface area contributed by atoms with Crippen LogP contribution in [0.3, 0.4) is 0 Å². The molecular weight excluding hydrogens is 262 g/mol. The van der Waals surface area contributed by atoms with Crippen molar-refractivity contribution in [1.82, 2.24) is 15.2 Å². The van der Waals surface area contributed by atoms with Gasteiger partial charge >= 0.3 is 0 Å². The van der Waals surface area contributed by atoms with Crippen molar-refractivity contribution in [2.45, 2.75) is 53.6 Å². The number of likely N-dealkylation sites (N-methyl/N-ethyl adjacent to an activating group) is 1. The van der Waals surface area contributed by atoms with E-state index in [9.17, 15) is 0 Å². The van der Waals surface area contributed by atoms with Crippen molar-refractivity contribution in [1.29, 1.82) is 0 Å². The topological polar surface area (TPSA) is 37.4 Å². The monoisotopic (exact) mass is 293 g/mol. The van der Waals surface area contributed by atoms with Gasteiger partial charge in [0.2, 0.25) is 0 Å². The summed E-state index contributed by atoms with van der Waals surface area (Å²) < 4.78 is 5.95. The number of pyridine rings is 1. The second-order valence-electron chi connectivity index (χ2n) is 6.38. The fraction of sp³-hybridized carbons (Fsp3) is 0.706. The molecule has 1 heterocycles. The molecule has 1 N–H and O–H groups in total. The van der Waals surface area contributed by atoms with Crippen LogP contribution in [0.5, 0.6) is 5.75 Å². The average Bonchev–Trinajstić information content (AvgIpc) is 2.42. The van der Waals surface area contributed by atoms with Crippen molar-refractivity contribution in [2.24, 2.45) is 0 Å². The average molecular weight is 293 g/mol. The molecule has 0 aliphatic carbocycles. The van der Waals surface area contributed by atoms with Crippen LogP contribution in [0.1, 0.15) is 46.0 Å². The Bertz CT molecular complexity index is 423. The first-order valence-electron chi connectivity index (χ1n) is 7.92. The van der Waals surface area contributed by atoms with Crippen molar-refractivity contribution < 1.29 is 4.74 Å². The lowest BCUT2D eigenvalue weighted by Crippen LogP contribution is -2.35. The number of rotatable bonds is 8.